The molecule has 0 fully saturated rings. The van der Waals surface area contributed by atoms with Gasteiger partial charge in [0.25, 0.3) is 0 Å². The van der Waals surface area contributed by atoms with Gasteiger partial charge < -0.3 is 5.11 Å². The number of hydrogen-bond donors (Lipinski definition) is 1. The molecule has 0 aromatic heterocycles. The topological polar surface area (TPSA) is 54.4 Å². The molecule has 0 saturated carbocycles. The van der Waals surface area contributed by atoms with E-state index in [0.29, 0.717) is 11.1 Å². The van der Waals surface area contributed by atoms with Gasteiger partial charge in [-0.2, -0.15) is 0 Å². The first-order valence-electron chi connectivity index (χ1n) is 6.46. The average Bonchev–Trinajstić information content (AvgIpc) is 2.37. The van der Waals surface area contributed by atoms with E-state index in [4.69, 9.17) is 0 Å². The van der Waals surface area contributed by atoms with Crippen molar-refractivity contribution >= 4 is 9.84 Å². The Balaban J connectivity index is 2.60. The monoisotopic (exact) mass is 308 g/mol. The zero-order valence-electron chi connectivity index (χ0n) is 12.1. The molecule has 2 aromatic carbocycles. The molecule has 0 aliphatic carbocycles. The van der Waals surface area contributed by atoms with Crippen molar-refractivity contribution in [1.29, 1.82) is 0 Å². The number of benzene rings is 2. The molecule has 112 valence electrons. The summed E-state index contributed by atoms with van der Waals surface area (Å²) in [4.78, 5) is 0.0503. The Kier molecular flexibility index (Phi) is 3.80. The number of sulfone groups is 1. The summed E-state index contributed by atoms with van der Waals surface area (Å²) in [6.45, 7) is 4.80. The van der Waals surface area contributed by atoms with Gasteiger partial charge in [0, 0.05) is 0 Å². The Morgan fingerprint density at radius 1 is 0.952 bits per heavy atom. The van der Waals surface area contributed by atoms with Gasteiger partial charge in [0.2, 0.25) is 0 Å². The van der Waals surface area contributed by atoms with Crippen molar-refractivity contribution in [3.05, 3.63) is 48.3 Å². The van der Waals surface area contributed by atoms with Crippen molar-refractivity contribution in [2.75, 3.05) is 0 Å². The van der Waals surface area contributed by atoms with Crippen LogP contribution in [-0.4, -0.2) is 18.3 Å². The molecule has 0 radical (unpaired) electrons. The summed E-state index contributed by atoms with van der Waals surface area (Å²) in [5.74, 6) is -0.513. The highest BCUT2D eigenvalue weighted by molar-refractivity contribution is 7.92. The zero-order chi connectivity index (χ0) is 15.8. The van der Waals surface area contributed by atoms with E-state index >= 15 is 0 Å². The summed E-state index contributed by atoms with van der Waals surface area (Å²) in [7, 11) is -3.57. The summed E-state index contributed by atoms with van der Waals surface area (Å²) < 4.78 is 36.9. The van der Waals surface area contributed by atoms with E-state index < -0.39 is 14.6 Å². The number of hydrogen-bond acceptors (Lipinski definition) is 3. The molecule has 2 rings (SSSR count). The number of rotatable bonds is 2. The molecule has 0 saturated heterocycles. The molecule has 0 unspecified atom stereocenters. The highest BCUT2D eigenvalue weighted by atomic mass is 32.2. The van der Waals surface area contributed by atoms with Gasteiger partial charge in [0.1, 0.15) is 11.6 Å². The second-order valence-corrected chi connectivity index (χ2v) is 8.54. The highest BCUT2D eigenvalue weighted by Crippen LogP contribution is 2.32. The van der Waals surface area contributed by atoms with Gasteiger partial charge in [-0.15, -0.1) is 0 Å². The van der Waals surface area contributed by atoms with Crippen LogP contribution in [0.15, 0.2) is 47.4 Å². The van der Waals surface area contributed by atoms with Crippen LogP contribution in [0.1, 0.15) is 20.8 Å². The van der Waals surface area contributed by atoms with E-state index in [1.54, 1.807) is 20.8 Å². The minimum atomic E-state index is -3.57. The lowest BCUT2D eigenvalue weighted by Crippen LogP contribution is -2.27. The van der Waals surface area contributed by atoms with Crippen molar-refractivity contribution < 1.29 is 17.9 Å². The maximum absolute atomic E-state index is 13.0. The summed E-state index contributed by atoms with van der Waals surface area (Å²) in [6.07, 6.45) is 0. The van der Waals surface area contributed by atoms with Crippen LogP contribution >= 0.6 is 0 Å². The molecule has 0 spiro atoms. The molecular weight excluding hydrogens is 291 g/mol. The van der Waals surface area contributed by atoms with Crippen LogP contribution in [0.5, 0.6) is 5.75 Å². The molecule has 2 aromatic rings. The van der Waals surface area contributed by atoms with Gasteiger partial charge in [0.15, 0.2) is 9.84 Å². The van der Waals surface area contributed by atoms with Gasteiger partial charge >= 0.3 is 0 Å². The smallest absolute Gasteiger partial charge is 0.183 e. The number of aromatic hydroxyl groups is 1. The molecule has 0 atom stereocenters. The Morgan fingerprint density at radius 3 is 2.05 bits per heavy atom. The Bertz CT molecular complexity index is 757. The fourth-order valence-corrected chi connectivity index (χ4v) is 3.17. The van der Waals surface area contributed by atoms with Gasteiger partial charge in [-0.25, -0.2) is 12.8 Å². The number of halogens is 1. The van der Waals surface area contributed by atoms with Crippen LogP contribution < -0.4 is 0 Å². The van der Waals surface area contributed by atoms with E-state index in [0.717, 1.165) is 0 Å². The molecule has 0 amide bonds. The van der Waals surface area contributed by atoms with Crippen LogP contribution in [-0.2, 0) is 9.84 Å². The Hall–Kier alpha value is -1.88. The molecule has 5 heteroatoms. The first-order valence-corrected chi connectivity index (χ1v) is 7.94. The lowest BCUT2D eigenvalue weighted by Gasteiger charge is -2.20. The third-order valence-corrected chi connectivity index (χ3v) is 5.65. The third kappa shape index (κ3) is 3.08. The Labute approximate surface area is 124 Å². The van der Waals surface area contributed by atoms with E-state index in [-0.39, 0.29) is 16.5 Å². The summed E-state index contributed by atoms with van der Waals surface area (Å²) in [6, 6.07) is 9.83. The molecule has 0 aliphatic rings. The lowest BCUT2D eigenvalue weighted by atomic mass is 10.1. The van der Waals surface area contributed by atoms with Crippen LogP contribution in [0, 0.1) is 5.82 Å². The quantitative estimate of drug-likeness (QED) is 0.919. The molecule has 1 N–H and O–H groups in total. The summed E-state index contributed by atoms with van der Waals surface area (Å²) >= 11 is 0. The first kappa shape index (κ1) is 15.5. The summed E-state index contributed by atoms with van der Waals surface area (Å²) in [5.41, 5.74) is 1.16. The van der Waals surface area contributed by atoms with Gasteiger partial charge in [-0.3, -0.25) is 0 Å². The molecule has 3 nitrogen and oxygen atoms in total. The standard InChI is InChI=1S/C16H17FO3S/c1-16(2,3)21(19,20)15-9-12(8-14(18)10-15)11-4-6-13(17)7-5-11/h4-10,18H,1-3H3. The van der Waals surface area contributed by atoms with Crippen molar-refractivity contribution in [2.24, 2.45) is 0 Å². The maximum Gasteiger partial charge on any atom is 0.183 e. The third-order valence-electron chi connectivity index (χ3n) is 3.19. The van der Waals surface area contributed by atoms with Crippen molar-refractivity contribution in [2.45, 2.75) is 30.4 Å². The highest BCUT2D eigenvalue weighted by Gasteiger charge is 2.31. The lowest BCUT2D eigenvalue weighted by molar-refractivity contribution is 0.473. The van der Waals surface area contributed by atoms with E-state index in [1.165, 1.54) is 42.5 Å². The van der Waals surface area contributed by atoms with Gasteiger partial charge in [-0.1, -0.05) is 12.1 Å². The molecule has 0 heterocycles. The number of phenols is 1. The van der Waals surface area contributed by atoms with Crippen molar-refractivity contribution in [3.8, 4) is 16.9 Å². The first-order chi connectivity index (χ1) is 9.61. The second kappa shape index (κ2) is 5.15. The summed E-state index contributed by atoms with van der Waals surface area (Å²) in [5, 5.41) is 9.80. The average molecular weight is 308 g/mol. The maximum atomic E-state index is 13.0. The second-order valence-electron chi connectivity index (χ2n) is 5.84. The van der Waals surface area contributed by atoms with Gasteiger partial charge in [-0.05, 0) is 62.2 Å². The van der Waals surface area contributed by atoms with Gasteiger partial charge in [0.05, 0.1) is 9.64 Å². The molecule has 21 heavy (non-hydrogen) atoms. The van der Waals surface area contributed by atoms with Crippen LogP contribution in [0.4, 0.5) is 4.39 Å². The molecule has 0 bridgehead atoms. The van der Waals surface area contributed by atoms with E-state index in [2.05, 4.69) is 0 Å². The molecular formula is C16H17FO3S. The van der Waals surface area contributed by atoms with Crippen molar-refractivity contribution in [1.82, 2.24) is 0 Å². The van der Waals surface area contributed by atoms with Crippen molar-refractivity contribution in [3.63, 3.8) is 0 Å². The minimum Gasteiger partial charge on any atom is -0.508 e. The fraction of sp³-hybridized carbons (Fsp3) is 0.250. The number of phenolic OH excluding ortho intramolecular Hbond substituents is 1. The van der Waals surface area contributed by atoms with Crippen LogP contribution in [0.2, 0.25) is 0 Å². The fourth-order valence-electron chi connectivity index (χ4n) is 1.90. The zero-order valence-corrected chi connectivity index (χ0v) is 12.9. The van der Waals surface area contributed by atoms with Crippen LogP contribution in [0.25, 0.3) is 11.1 Å². The Morgan fingerprint density at radius 2 is 1.52 bits per heavy atom. The predicted octanol–water partition coefficient (Wildman–Crippen LogP) is 3.77. The minimum absolute atomic E-state index is 0.0503. The van der Waals surface area contributed by atoms with E-state index in [9.17, 15) is 17.9 Å². The van der Waals surface area contributed by atoms with Crippen LogP contribution in [0.3, 0.4) is 0 Å². The largest absolute Gasteiger partial charge is 0.508 e. The van der Waals surface area contributed by atoms with E-state index in [1.807, 2.05) is 0 Å². The normalized spacial score (nSPS) is 12.4. The predicted molar refractivity (Wildman–Crippen MR) is 80.4 cm³/mol. The SMILES string of the molecule is CC(C)(C)S(=O)(=O)c1cc(O)cc(-c2ccc(F)cc2)c1. The molecule has 0 aliphatic heterocycles.